The molecule has 1 aromatic heterocycles. The molecule has 2 rings (SSSR count). The molecule has 1 aromatic rings. The van der Waals surface area contributed by atoms with Crippen LogP contribution in [0.2, 0.25) is 0 Å². The fourth-order valence-corrected chi connectivity index (χ4v) is 2.83. The van der Waals surface area contributed by atoms with Crippen LogP contribution in [0.15, 0.2) is 12.3 Å². The third-order valence-electron chi connectivity index (χ3n) is 4.00. The van der Waals surface area contributed by atoms with E-state index in [1.807, 2.05) is 13.0 Å². The van der Waals surface area contributed by atoms with Crippen LogP contribution in [-0.4, -0.2) is 37.1 Å². The molecule has 0 spiro atoms. The number of anilines is 1. The smallest absolute Gasteiger partial charge is 0.252 e. The van der Waals surface area contributed by atoms with Crippen LogP contribution < -0.4 is 16.0 Å². The highest BCUT2D eigenvalue weighted by Crippen LogP contribution is 2.23. The second-order valence-electron chi connectivity index (χ2n) is 5.42. The van der Waals surface area contributed by atoms with Gasteiger partial charge in [-0.2, -0.15) is 0 Å². The van der Waals surface area contributed by atoms with Crippen LogP contribution in [0.25, 0.3) is 0 Å². The van der Waals surface area contributed by atoms with E-state index in [4.69, 9.17) is 5.73 Å². The number of nitrogens with two attached hydrogens (primary N) is 1. The summed E-state index contributed by atoms with van der Waals surface area (Å²) in [5, 5.41) is 3.38. The molecule has 1 fully saturated rings. The molecule has 0 aromatic carbocycles. The number of aromatic nitrogens is 1. The van der Waals surface area contributed by atoms with Crippen molar-refractivity contribution in [3.05, 3.63) is 23.4 Å². The maximum absolute atomic E-state index is 11.7. The van der Waals surface area contributed by atoms with E-state index in [-0.39, 0.29) is 0 Å². The number of carbonyl (C=O) groups excluding carboxylic acids is 1. The lowest BCUT2D eigenvalue weighted by molar-refractivity contribution is 0.1000. The number of hydrogen-bond donors (Lipinski definition) is 2. The highest BCUT2D eigenvalue weighted by molar-refractivity contribution is 5.99. The van der Waals surface area contributed by atoms with Crippen molar-refractivity contribution < 1.29 is 4.79 Å². The van der Waals surface area contributed by atoms with Crippen molar-refractivity contribution in [3.63, 3.8) is 0 Å². The number of carbonyl (C=O) groups is 1. The number of nitrogens with zero attached hydrogens (tertiary/aromatic N) is 2. The van der Waals surface area contributed by atoms with Crippen LogP contribution in [0.3, 0.4) is 0 Å². The van der Waals surface area contributed by atoms with E-state index in [0.717, 1.165) is 37.6 Å². The van der Waals surface area contributed by atoms with E-state index in [2.05, 4.69) is 22.1 Å². The number of aryl methyl sites for hydroxylation is 1. The molecule has 2 heterocycles. The lowest BCUT2D eigenvalue weighted by Crippen LogP contribution is -2.37. The van der Waals surface area contributed by atoms with Crippen LogP contribution >= 0.6 is 0 Å². The second kappa shape index (κ2) is 6.70. The number of rotatable bonds is 5. The number of hydrogen-bond acceptors (Lipinski definition) is 4. The molecule has 0 radical (unpaired) electrons. The Bertz CT molecular complexity index is 469. The first-order valence-corrected chi connectivity index (χ1v) is 7.34. The number of amides is 1. The molecular formula is C15H24N4O. The molecule has 0 aliphatic carbocycles. The van der Waals surface area contributed by atoms with Crippen LogP contribution in [0.1, 0.15) is 35.7 Å². The highest BCUT2D eigenvalue weighted by Gasteiger charge is 2.21. The number of nitrogens with one attached hydrogen (secondary N) is 1. The minimum Gasteiger partial charge on any atom is -0.365 e. The Hall–Kier alpha value is -1.62. The van der Waals surface area contributed by atoms with Gasteiger partial charge in [-0.3, -0.25) is 4.79 Å². The lowest BCUT2D eigenvalue weighted by Gasteiger charge is -2.31. The summed E-state index contributed by atoms with van der Waals surface area (Å²) in [5.74, 6) is 0.993. The molecule has 3 N–H and O–H groups in total. The van der Waals surface area contributed by atoms with E-state index in [0.29, 0.717) is 11.5 Å². The third kappa shape index (κ3) is 3.28. The van der Waals surface area contributed by atoms with E-state index in [1.165, 1.54) is 12.8 Å². The predicted molar refractivity (Wildman–Crippen MR) is 81.0 cm³/mol. The second-order valence-corrected chi connectivity index (χ2v) is 5.42. The molecule has 5 nitrogen and oxygen atoms in total. The van der Waals surface area contributed by atoms with Gasteiger partial charge in [0.15, 0.2) is 0 Å². The topological polar surface area (TPSA) is 71.2 Å². The summed E-state index contributed by atoms with van der Waals surface area (Å²) in [7, 11) is 0. The Balaban J connectivity index is 2.22. The zero-order valence-corrected chi connectivity index (χ0v) is 12.4. The molecule has 0 saturated carbocycles. The van der Waals surface area contributed by atoms with Crippen molar-refractivity contribution in [2.24, 2.45) is 11.7 Å². The first kappa shape index (κ1) is 14.8. The molecule has 20 heavy (non-hydrogen) atoms. The fourth-order valence-electron chi connectivity index (χ4n) is 2.83. The van der Waals surface area contributed by atoms with Crippen molar-refractivity contribution in [3.8, 4) is 0 Å². The van der Waals surface area contributed by atoms with Crippen molar-refractivity contribution in [1.82, 2.24) is 10.3 Å². The number of pyridine rings is 1. The minimum absolute atomic E-state index is 0.394. The standard InChI is InChI=1S/C15H24N4O/c1-3-19(10-12-5-7-17-8-6-12)15-13(14(16)20)11(2)4-9-18-15/h4,9,12,17H,3,5-8,10H2,1-2H3,(H2,16,20). The number of primary amides is 1. The van der Waals surface area contributed by atoms with Gasteiger partial charge < -0.3 is 16.0 Å². The molecule has 0 atom stereocenters. The average Bonchev–Trinajstić information content (AvgIpc) is 2.45. The number of piperidine rings is 1. The van der Waals surface area contributed by atoms with Crippen LogP contribution in [0.5, 0.6) is 0 Å². The van der Waals surface area contributed by atoms with Crippen molar-refractivity contribution in [2.75, 3.05) is 31.1 Å². The van der Waals surface area contributed by atoms with Crippen LogP contribution in [0, 0.1) is 12.8 Å². The van der Waals surface area contributed by atoms with E-state index < -0.39 is 5.91 Å². The summed E-state index contributed by atoms with van der Waals surface area (Å²) in [6.45, 7) is 7.92. The van der Waals surface area contributed by atoms with Crippen molar-refractivity contribution in [1.29, 1.82) is 0 Å². The molecule has 5 heteroatoms. The van der Waals surface area contributed by atoms with Gasteiger partial charge in [-0.25, -0.2) is 4.98 Å². The van der Waals surface area contributed by atoms with Gasteiger partial charge in [-0.15, -0.1) is 0 Å². The first-order chi connectivity index (χ1) is 9.63. The minimum atomic E-state index is -0.394. The summed E-state index contributed by atoms with van der Waals surface area (Å²) in [4.78, 5) is 18.3. The Morgan fingerprint density at radius 3 is 2.80 bits per heavy atom. The Morgan fingerprint density at radius 1 is 1.50 bits per heavy atom. The third-order valence-corrected chi connectivity index (χ3v) is 4.00. The summed E-state index contributed by atoms with van der Waals surface area (Å²) in [5.41, 5.74) is 6.98. The maximum Gasteiger partial charge on any atom is 0.252 e. The molecule has 1 amide bonds. The van der Waals surface area contributed by atoms with Gasteiger partial charge in [-0.1, -0.05) is 0 Å². The first-order valence-electron chi connectivity index (χ1n) is 7.34. The Kier molecular flexibility index (Phi) is 4.95. The molecule has 110 valence electrons. The van der Waals surface area contributed by atoms with Crippen molar-refractivity contribution >= 4 is 11.7 Å². The zero-order valence-electron chi connectivity index (χ0n) is 12.4. The molecule has 1 saturated heterocycles. The monoisotopic (exact) mass is 276 g/mol. The quantitative estimate of drug-likeness (QED) is 0.850. The van der Waals surface area contributed by atoms with Gasteiger partial charge in [0.2, 0.25) is 0 Å². The maximum atomic E-state index is 11.7. The zero-order chi connectivity index (χ0) is 14.5. The molecule has 1 aliphatic rings. The lowest BCUT2D eigenvalue weighted by atomic mass is 9.97. The Morgan fingerprint density at radius 2 is 2.20 bits per heavy atom. The molecular weight excluding hydrogens is 252 g/mol. The van der Waals surface area contributed by atoms with Crippen molar-refractivity contribution in [2.45, 2.75) is 26.7 Å². The largest absolute Gasteiger partial charge is 0.365 e. The SMILES string of the molecule is CCN(CC1CCNCC1)c1nccc(C)c1C(N)=O. The molecule has 0 unspecified atom stereocenters. The van der Waals surface area contributed by atoms with Gasteiger partial charge in [-0.05, 0) is 57.3 Å². The van der Waals surface area contributed by atoms with Gasteiger partial charge in [0.25, 0.3) is 5.91 Å². The van der Waals surface area contributed by atoms with Gasteiger partial charge in [0.05, 0.1) is 5.56 Å². The van der Waals surface area contributed by atoms with Crippen LogP contribution in [0.4, 0.5) is 5.82 Å². The Labute approximate surface area is 120 Å². The van der Waals surface area contributed by atoms with Gasteiger partial charge in [0, 0.05) is 19.3 Å². The average molecular weight is 276 g/mol. The fraction of sp³-hybridized carbons (Fsp3) is 0.600. The summed E-state index contributed by atoms with van der Waals surface area (Å²) >= 11 is 0. The molecule has 1 aliphatic heterocycles. The van der Waals surface area contributed by atoms with Gasteiger partial charge >= 0.3 is 0 Å². The van der Waals surface area contributed by atoms with E-state index in [9.17, 15) is 4.79 Å². The predicted octanol–water partition coefficient (Wildman–Crippen LogP) is 1.31. The molecule has 0 bridgehead atoms. The highest BCUT2D eigenvalue weighted by atomic mass is 16.1. The van der Waals surface area contributed by atoms with Crippen LogP contribution in [-0.2, 0) is 0 Å². The summed E-state index contributed by atoms with van der Waals surface area (Å²) < 4.78 is 0. The van der Waals surface area contributed by atoms with E-state index in [1.54, 1.807) is 6.20 Å². The summed E-state index contributed by atoms with van der Waals surface area (Å²) in [6, 6.07) is 1.84. The van der Waals surface area contributed by atoms with Gasteiger partial charge in [0.1, 0.15) is 5.82 Å². The summed E-state index contributed by atoms with van der Waals surface area (Å²) in [6.07, 6.45) is 4.10. The normalized spacial score (nSPS) is 16.1. The van der Waals surface area contributed by atoms with E-state index >= 15 is 0 Å².